The first kappa shape index (κ1) is 14.9. The van der Waals surface area contributed by atoms with Gasteiger partial charge in [0.2, 0.25) is 0 Å². The minimum absolute atomic E-state index is 0.00885. The Bertz CT molecular complexity index is 117. The van der Waals surface area contributed by atoms with Crippen LogP contribution in [0.1, 0.15) is 71.1 Å². The van der Waals surface area contributed by atoms with Gasteiger partial charge in [-0.25, -0.2) is 0 Å². The van der Waals surface area contributed by atoms with Crippen molar-refractivity contribution >= 4 is 0 Å². The number of aliphatic hydroxyl groups is 1. The second-order valence-electron chi connectivity index (χ2n) is 4.56. The maximum absolute atomic E-state index is 8.73. The summed E-state index contributed by atoms with van der Waals surface area (Å²) < 4.78 is 0. The SMILES string of the molecule is CCCCCCCCCCC[C@@H](N)CO. The zero-order valence-corrected chi connectivity index (χ0v) is 10.4. The largest absolute Gasteiger partial charge is 0.395 e. The van der Waals surface area contributed by atoms with Crippen molar-refractivity contribution in [2.45, 2.75) is 77.2 Å². The Labute approximate surface area is 95.3 Å². The van der Waals surface area contributed by atoms with Gasteiger partial charge in [0.25, 0.3) is 0 Å². The molecule has 0 bridgehead atoms. The maximum Gasteiger partial charge on any atom is 0.0582 e. The Morgan fingerprint density at radius 2 is 1.33 bits per heavy atom. The molecular weight excluding hydrogens is 186 g/mol. The van der Waals surface area contributed by atoms with Gasteiger partial charge in [0.15, 0.2) is 0 Å². The quantitative estimate of drug-likeness (QED) is 0.520. The number of aliphatic hydroxyl groups excluding tert-OH is 1. The molecule has 0 aromatic rings. The predicted octanol–water partition coefficient (Wildman–Crippen LogP) is 3.23. The third-order valence-electron chi connectivity index (χ3n) is 2.91. The maximum atomic E-state index is 8.73. The van der Waals surface area contributed by atoms with E-state index in [0.717, 1.165) is 6.42 Å². The molecule has 3 N–H and O–H groups in total. The average molecular weight is 215 g/mol. The van der Waals surface area contributed by atoms with Crippen molar-refractivity contribution in [2.75, 3.05) is 6.61 Å². The molecule has 0 rings (SSSR count). The molecule has 2 heteroatoms. The monoisotopic (exact) mass is 215 g/mol. The lowest BCUT2D eigenvalue weighted by Gasteiger charge is -2.06. The van der Waals surface area contributed by atoms with Crippen molar-refractivity contribution in [3.63, 3.8) is 0 Å². The van der Waals surface area contributed by atoms with Crippen LogP contribution >= 0.6 is 0 Å². The normalized spacial score (nSPS) is 13.0. The third-order valence-corrected chi connectivity index (χ3v) is 2.91. The molecule has 0 fully saturated rings. The number of hydrogen-bond donors (Lipinski definition) is 2. The van der Waals surface area contributed by atoms with E-state index in [4.69, 9.17) is 10.8 Å². The van der Waals surface area contributed by atoms with Crippen molar-refractivity contribution < 1.29 is 5.11 Å². The number of unbranched alkanes of at least 4 members (excludes halogenated alkanes) is 8. The zero-order valence-electron chi connectivity index (χ0n) is 10.4. The molecule has 0 saturated carbocycles. The van der Waals surface area contributed by atoms with E-state index in [-0.39, 0.29) is 12.6 Å². The molecule has 0 aliphatic carbocycles. The van der Waals surface area contributed by atoms with Gasteiger partial charge in [-0.1, -0.05) is 64.7 Å². The highest BCUT2D eigenvalue weighted by molar-refractivity contribution is 4.58. The minimum Gasteiger partial charge on any atom is -0.395 e. The van der Waals surface area contributed by atoms with Gasteiger partial charge in [-0.3, -0.25) is 0 Å². The minimum atomic E-state index is 0.00885. The molecular formula is C13H29NO. The van der Waals surface area contributed by atoms with Crippen LogP contribution in [0.15, 0.2) is 0 Å². The van der Waals surface area contributed by atoms with Gasteiger partial charge in [0.1, 0.15) is 0 Å². The van der Waals surface area contributed by atoms with Crippen LogP contribution in [0.3, 0.4) is 0 Å². The fraction of sp³-hybridized carbons (Fsp3) is 1.00. The summed E-state index contributed by atoms with van der Waals surface area (Å²) >= 11 is 0. The van der Waals surface area contributed by atoms with Gasteiger partial charge in [-0.05, 0) is 6.42 Å². The molecule has 0 aromatic heterocycles. The van der Waals surface area contributed by atoms with Crippen molar-refractivity contribution in [1.29, 1.82) is 0 Å². The first-order valence-corrected chi connectivity index (χ1v) is 6.67. The molecule has 0 aromatic carbocycles. The van der Waals surface area contributed by atoms with E-state index in [0.29, 0.717) is 0 Å². The van der Waals surface area contributed by atoms with Crippen molar-refractivity contribution in [2.24, 2.45) is 5.73 Å². The first-order valence-electron chi connectivity index (χ1n) is 6.67. The lowest BCUT2D eigenvalue weighted by molar-refractivity contribution is 0.257. The number of hydrogen-bond acceptors (Lipinski definition) is 2. The highest BCUT2D eigenvalue weighted by Crippen LogP contribution is 2.10. The Balaban J connectivity index is 2.92. The summed E-state index contributed by atoms with van der Waals surface area (Å²) in [6, 6.07) is 0.00885. The molecule has 0 radical (unpaired) electrons. The van der Waals surface area contributed by atoms with Crippen molar-refractivity contribution in [3.8, 4) is 0 Å². The fourth-order valence-electron chi connectivity index (χ4n) is 1.81. The van der Waals surface area contributed by atoms with Crippen LogP contribution in [0, 0.1) is 0 Å². The van der Waals surface area contributed by atoms with E-state index >= 15 is 0 Å². The first-order chi connectivity index (χ1) is 7.31. The highest BCUT2D eigenvalue weighted by atomic mass is 16.3. The molecule has 0 unspecified atom stereocenters. The van der Waals surface area contributed by atoms with Crippen LogP contribution in [0.4, 0.5) is 0 Å². The molecule has 0 heterocycles. The molecule has 1 atom stereocenters. The third kappa shape index (κ3) is 11.8. The van der Waals surface area contributed by atoms with Gasteiger partial charge in [0, 0.05) is 6.04 Å². The van der Waals surface area contributed by atoms with E-state index in [1.807, 2.05) is 0 Å². The fourth-order valence-corrected chi connectivity index (χ4v) is 1.81. The Morgan fingerprint density at radius 1 is 0.867 bits per heavy atom. The topological polar surface area (TPSA) is 46.2 Å². The lowest BCUT2D eigenvalue weighted by atomic mass is 10.0. The van der Waals surface area contributed by atoms with Crippen molar-refractivity contribution in [1.82, 2.24) is 0 Å². The summed E-state index contributed by atoms with van der Waals surface area (Å²) in [4.78, 5) is 0. The summed E-state index contributed by atoms with van der Waals surface area (Å²) in [5, 5.41) is 8.73. The van der Waals surface area contributed by atoms with Crippen LogP contribution in [0.5, 0.6) is 0 Å². The van der Waals surface area contributed by atoms with E-state index in [2.05, 4.69) is 6.92 Å². The van der Waals surface area contributed by atoms with E-state index in [1.54, 1.807) is 0 Å². The lowest BCUT2D eigenvalue weighted by Crippen LogP contribution is -2.23. The van der Waals surface area contributed by atoms with E-state index in [1.165, 1.54) is 57.8 Å². The Hall–Kier alpha value is -0.0800. The van der Waals surface area contributed by atoms with Crippen molar-refractivity contribution in [3.05, 3.63) is 0 Å². The highest BCUT2D eigenvalue weighted by Gasteiger charge is 1.99. The summed E-state index contributed by atoms with van der Waals surface area (Å²) in [5.41, 5.74) is 5.62. The average Bonchev–Trinajstić information content (AvgIpc) is 2.26. The smallest absolute Gasteiger partial charge is 0.0582 e. The summed E-state index contributed by atoms with van der Waals surface area (Å²) in [6.07, 6.45) is 13.1. The molecule has 15 heavy (non-hydrogen) atoms. The van der Waals surface area contributed by atoms with Crippen LogP contribution in [-0.2, 0) is 0 Å². The van der Waals surface area contributed by atoms with E-state index in [9.17, 15) is 0 Å². The number of nitrogens with two attached hydrogens (primary N) is 1. The molecule has 0 aliphatic rings. The van der Waals surface area contributed by atoms with Gasteiger partial charge < -0.3 is 10.8 Å². The second kappa shape index (κ2) is 12.0. The molecule has 92 valence electrons. The molecule has 0 saturated heterocycles. The van der Waals surface area contributed by atoms with Gasteiger partial charge in [-0.15, -0.1) is 0 Å². The molecule has 2 nitrogen and oxygen atoms in total. The summed E-state index contributed by atoms with van der Waals surface area (Å²) in [7, 11) is 0. The number of rotatable bonds is 11. The summed E-state index contributed by atoms with van der Waals surface area (Å²) in [5.74, 6) is 0. The van der Waals surface area contributed by atoms with Gasteiger partial charge >= 0.3 is 0 Å². The van der Waals surface area contributed by atoms with Crippen LogP contribution in [-0.4, -0.2) is 17.8 Å². The van der Waals surface area contributed by atoms with Crippen LogP contribution < -0.4 is 5.73 Å². The predicted molar refractivity (Wildman–Crippen MR) is 66.9 cm³/mol. The van der Waals surface area contributed by atoms with Crippen LogP contribution in [0.2, 0.25) is 0 Å². The molecule has 0 amide bonds. The summed E-state index contributed by atoms with van der Waals surface area (Å²) in [6.45, 7) is 2.39. The standard InChI is InChI=1S/C13H29NO/c1-2-3-4-5-6-7-8-9-10-11-13(14)12-15/h13,15H,2-12,14H2,1H3/t13-/m1/s1. The Kier molecular flexibility index (Phi) is 11.9. The Morgan fingerprint density at radius 3 is 1.80 bits per heavy atom. The van der Waals surface area contributed by atoms with E-state index < -0.39 is 0 Å². The van der Waals surface area contributed by atoms with Crippen LogP contribution in [0.25, 0.3) is 0 Å². The van der Waals surface area contributed by atoms with Gasteiger partial charge in [0.05, 0.1) is 6.61 Å². The second-order valence-corrected chi connectivity index (χ2v) is 4.56. The zero-order chi connectivity index (χ0) is 11.4. The molecule has 0 spiro atoms. The molecule has 0 aliphatic heterocycles. The van der Waals surface area contributed by atoms with Gasteiger partial charge in [-0.2, -0.15) is 0 Å².